The molecule has 0 radical (unpaired) electrons. The maximum atomic E-state index is 13.0. The van der Waals surface area contributed by atoms with Gasteiger partial charge in [-0.2, -0.15) is 0 Å². The number of carbonyl (C=O) groups excluding carboxylic acids is 1. The number of likely N-dealkylation sites (tertiary alicyclic amines) is 1. The Balaban J connectivity index is 1.45. The standard InChI is InChI=1S/C20H26N6O/c1-20(2)7-5-14-11-15(12-23-17(14)24-20)18(27)26-10-6-16(13-26)25(3)19-21-8-4-9-22-19/h4,8-9,11-12,16H,5-7,10,13H2,1-3H3,(H,23,24)/t16-/m0/s1. The summed E-state index contributed by atoms with van der Waals surface area (Å²) in [4.78, 5) is 30.1. The number of carbonyl (C=O) groups is 1. The minimum absolute atomic E-state index is 0.0534. The Hall–Kier alpha value is -2.70. The molecule has 0 spiro atoms. The maximum Gasteiger partial charge on any atom is 0.255 e. The van der Waals surface area contributed by atoms with E-state index in [-0.39, 0.29) is 17.5 Å². The summed E-state index contributed by atoms with van der Waals surface area (Å²) in [6.07, 6.45) is 8.07. The zero-order valence-electron chi connectivity index (χ0n) is 16.1. The minimum atomic E-state index is 0.0534. The molecule has 0 aliphatic carbocycles. The number of nitrogens with zero attached hydrogens (tertiary/aromatic N) is 5. The summed E-state index contributed by atoms with van der Waals surface area (Å²) in [5, 5.41) is 3.46. The third-order valence-corrected chi connectivity index (χ3v) is 5.56. The molecule has 27 heavy (non-hydrogen) atoms. The van der Waals surface area contributed by atoms with Gasteiger partial charge in [-0.25, -0.2) is 15.0 Å². The number of hydrogen-bond donors (Lipinski definition) is 1. The van der Waals surface area contributed by atoms with Gasteiger partial charge in [0.05, 0.1) is 11.6 Å². The highest BCUT2D eigenvalue weighted by Gasteiger charge is 2.31. The van der Waals surface area contributed by atoms with Crippen LogP contribution in [0, 0.1) is 0 Å². The van der Waals surface area contributed by atoms with Gasteiger partial charge in [0, 0.05) is 44.3 Å². The normalized spacial score (nSPS) is 20.7. The molecule has 1 fully saturated rings. The molecule has 0 saturated carbocycles. The monoisotopic (exact) mass is 366 g/mol. The van der Waals surface area contributed by atoms with Crippen molar-refractivity contribution < 1.29 is 4.79 Å². The molecule has 2 aliphatic heterocycles. The van der Waals surface area contributed by atoms with Gasteiger partial charge in [0.15, 0.2) is 0 Å². The van der Waals surface area contributed by atoms with E-state index < -0.39 is 0 Å². The van der Waals surface area contributed by atoms with E-state index in [1.807, 2.05) is 18.0 Å². The first-order valence-corrected chi connectivity index (χ1v) is 9.49. The smallest absolute Gasteiger partial charge is 0.255 e. The van der Waals surface area contributed by atoms with Crippen LogP contribution in [0.4, 0.5) is 11.8 Å². The molecule has 2 aromatic heterocycles. The van der Waals surface area contributed by atoms with Gasteiger partial charge in [-0.15, -0.1) is 0 Å². The maximum absolute atomic E-state index is 13.0. The molecular formula is C20H26N6O. The van der Waals surface area contributed by atoms with Crippen molar-refractivity contribution in [3.8, 4) is 0 Å². The third kappa shape index (κ3) is 3.59. The lowest BCUT2D eigenvalue weighted by Crippen LogP contribution is -2.38. The molecule has 0 aromatic carbocycles. The highest BCUT2D eigenvalue weighted by Crippen LogP contribution is 2.29. The molecule has 0 unspecified atom stereocenters. The van der Waals surface area contributed by atoms with Crippen molar-refractivity contribution in [2.45, 2.75) is 44.7 Å². The summed E-state index contributed by atoms with van der Waals surface area (Å²) >= 11 is 0. The zero-order valence-corrected chi connectivity index (χ0v) is 16.1. The number of fused-ring (bicyclic) bond motifs is 1. The lowest BCUT2D eigenvalue weighted by molar-refractivity contribution is 0.0790. The number of rotatable bonds is 3. The van der Waals surface area contributed by atoms with Crippen LogP contribution in [0.2, 0.25) is 0 Å². The van der Waals surface area contributed by atoms with Gasteiger partial charge in [0.1, 0.15) is 5.82 Å². The first-order valence-electron chi connectivity index (χ1n) is 9.49. The quantitative estimate of drug-likeness (QED) is 0.899. The van der Waals surface area contributed by atoms with E-state index in [9.17, 15) is 4.79 Å². The van der Waals surface area contributed by atoms with Crippen molar-refractivity contribution >= 4 is 17.7 Å². The highest BCUT2D eigenvalue weighted by atomic mass is 16.2. The SMILES string of the molecule is CN(c1ncccn1)[C@H]1CCN(C(=O)c2cnc3c(c2)CCC(C)(C)N3)C1. The van der Waals surface area contributed by atoms with Gasteiger partial charge < -0.3 is 15.1 Å². The topological polar surface area (TPSA) is 74.2 Å². The Labute approximate surface area is 159 Å². The number of aromatic nitrogens is 3. The molecule has 1 N–H and O–H groups in total. The molecule has 1 amide bonds. The molecular weight excluding hydrogens is 340 g/mol. The number of aryl methyl sites for hydroxylation is 1. The molecule has 142 valence electrons. The number of nitrogens with one attached hydrogen (secondary N) is 1. The fourth-order valence-corrected chi connectivity index (χ4v) is 3.82. The summed E-state index contributed by atoms with van der Waals surface area (Å²) < 4.78 is 0. The Bertz CT molecular complexity index is 838. The summed E-state index contributed by atoms with van der Waals surface area (Å²) in [5.74, 6) is 1.66. The highest BCUT2D eigenvalue weighted by molar-refractivity contribution is 5.94. The molecule has 7 heteroatoms. The summed E-state index contributed by atoms with van der Waals surface area (Å²) in [6, 6.07) is 4.04. The van der Waals surface area contributed by atoms with Gasteiger partial charge in [-0.3, -0.25) is 4.79 Å². The van der Waals surface area contributed by atoms with E-state index in [0.29, 0.717) is 18.1 Å². The molecule has 7 nitrogen and oxygen atoms in total. The number of amides is 1. The predicted octanol–water partition coefficient (Wildman–Crippen LogP) is 2.36. The summed E-state index contributed by atoms with van der Waals surface area (Å²) in [5.41, 5.74) is 1.86. The second kappa shape index (κ2) is 6.79. The van der Waals surface area contributed by atoms with Crippen molar-refractivity contribution in [3.05, 3.63) is 41.9 Å². The zero-order chi connectivity index (χ0) is 19.0. The van der Waals surface area contributed by atoms with Gasteiger partial charge in [0.2, 0.25) is 5.95 Å². The fraction of sp³-hybridized carbons (Fsp3) is 0.500. The van der Waals surface area contributed by atoms with Crippen LogP contribution >= 0.6 is 0 Å². The van der Waals surface area contributed by atoms with E-state index >= 15 is 0 Å². The van der Waals surface area contributed by atoms with Crippen molar-refractivity contribution in [3.63, 3.8) is 0 Å². The molecule has 4 heterocycles. The van der Waals surface area contributed by atoms with Crippen LogP contribution in [-0.2, 0) is 6.42 Å². The lowest BCUT2D eigenvalue weighted by Gasteiger charge is -2.33. The van der Waals surface area contributed by atoms with Crippen LogP contribution in [0.5, 0.6) is 0 Å². The molecule has 2 aromatic rings. The van der Waals surface area contributed by atoms with Crippen LogP contribution in [0.1, 0.15) is 42.6 Å². The van der Waals surface area contributed by atoms with E-state index in [2.05, 4.69) is 39.0 Å². The third-order valence-electron chi connectivity index (χ3n) is 5.56. The largest absolute Gasteiger partial charge is 0.365 e. The number of likely N-dealkylation sites (N-methyl/N-ethyl adjacent to an activating group) is 1. The Kier molecular flexibility index (Phi) is 4.45. The number of anilines is 2. The second-order valence-electron chi connectivity index (χ2n) is 8.09. The van der Waals surface area contributed by atoms with Crippen molar-refractivity contribution in [1.82, 2.24) is 19.9 Å². The Morgan fingerprint density at radius 1 is 1.30 bits per heavy atom. The summed E-state index contributed by atoms with van der Waals surface area (Å²) in [7, 11) is 1.99. The van der Waals surface area contributed by atoms with Gasteiger partial charge in [-0.05, 0) is 50.8 Å². The van der Waals surface area contributed by atoms with E-state index in [1.54, 1.807) is 24.7 Å². The summed E-state index contributed by atoms with van der Waals surface area (Å²) in [6.45, 7) is 5.76. The van der Waals surface area contributed by atoms with Crippen LogP contribution in [0.25, 0.3) is 0 Å². The number of hydrogen-bond acceptors (Lipinski definition) is 6. The molecule has 1 saturated heterocycles. The predicted molar refractivity (Wildman–Crippen MR) is 105 cm³/mol. The average Bonchev–Trinajstić information content (AvgIpc) is 3.16. The Morgan fingerprint density at radius 2 is 2.07 bits per heavy atom. The minimum Gasteiger partial charge on any atom is -0.365 e. The molecule has 0 bridgehead atoms. The fourth-order valence-electron chi connectivity index (χ4n) is 3.82. The first-order chi connectivity index (χ1) is 12.9. The van der Waals surface area contributed by atoms with Crippen molar-refractivity contribution in [2.75, 3.05) is 30.4 Å². The molecule has 4 rings (SSSR count). The Morgan fingerprint density at radius 3 is 2.85 bits per heavy atom. The van der Waals surface area contributed by atoms with E-state index in [1.165, 1.54) is 0 Å². The molecule has 1 atom stereocenters. The van der Waals surface area contributed by atoms with Crippen molar-refractivity contribution in [2.24, 2.45) is 0 Å². The van der Waals surface area contributed by atoms with E-state index in [0.717, 1.165) is 37.2 Å². The van der Waals surface area contributed by atoms with Crippen LogP contribution in [-0.4, -0.2) is 57.5 Å². The lowest BCUT2D eigenvalue weighted by atomic mass is 9.91. The van der Waals surface area contributed by atoms with Crippen LogP contribution in [0.3, 0.4) is 0 Å². The van der Waals surface area contributed by atoms with Crippen molar-refractivity contribution in [1.29, 1.82) is 0 Å². The van der Waals surface area contributed by atoms with Gasteiger partial charge in [0.25, 0.3) is 5.91 Å². The number of pyridine rings is 1. The van der Waals surface area contributed by atoms with Crippen LogP contribution in [0.15, 0.2) is 30.7 Å². The molecule has 2 aliphatic rings. The second-order valence-corrected chi connectivity index (χ2v) is 8.09. The van der Waals surface area contributed by atoms with Crippen LogP contribution < -0.4 is 10.2 Å². The first kappa shape index (κ1) is 17.7. The van der Waals surface area contributed by atoms with E-state index in [4.69, 9.17) is 0 Å². The average molecular weight is 366 g/mol. The van der Waals surface area contributed by atoms with Gasteiger partial charge in [-0.1, -0.05) is 0 Å². The van der Waals surface area contributed by atoms with Gasteiger partial charge >= 0.3 is 0 Å².